The molecule has 1 heterocycles. The number of fused-ring (bicyclic) bond motifs is 1. The molecular formula is C20H22O. The van der Waals surface area contributed by atoms with Gasteiger partial charge in [-0.2, -0.15) is 0 Å². The van der Waals surface area contributed by atoms with Crippen LogP contribution in [0.3, 0.4) is 0 Å². The molecule has 0 radical (unpaired) electrons. The van der Waals surface area contributed by atoms with Crippen molar-refractivity contribution >= 4 is 0 Å². The molecule has 0 spiro atoms. The maximum Gasteiger partial charge on any atom is 0.125 e. The lowest BCUT2D eigenvalue weighted by molar-refractivity contribution is 0.168. The Hall–Kier alpha value is -2.02. The van der Waals surface area contributed by atoms with Crippen molar-refractivity contribution in [2.75, 3.05) is 0 Å². The number of benzene rings is 2. The van der Waals surface area contributed by atoms with Crippen molar-refractivity contribution in [1.82, 2.24) is 0 Å². The third-order valence-corrected chi connectivity index (χ3v) is 4.01. The van der Waals surface area contributed by atoms with Crippen molar-refractivity contribution in [3.63, 3.8) is 0 Å². The van der Waals surface area contributed by atoms with E-state index in [0.717, 1.165) is 12.2 Å². The topological polar surface area (TPSA) is 9.23 Å². The lowest BCUT2D eigenvalue weighted by Crippen LogP contribution is -2.18. The highest BCUT2D eigenvalue weighted by Gasteiger charge is 2.27. The standard InChI is InChI=1S/C20H22O/c1-14(2)11-17-13-20(16-7-5-4-6-8-16)21-19-10-9-15(3)12-18(17)19/h4-12,17,20H,13H2,1-3H3/t17-,20-/m0/s1. The van der Waals surface area contributed by atoms with Crippen molar-refractivity contribution in [3.05, 3.63) is 76.9 Å². The van der Waals surface area contributed by atoms with E-state index in [-0.39, 0.29) is 6.10 Å². The van der Waals surface area contributed by atoms with Crippen LogP contribution < -0.4 is 4.74 Å². The minimum Gasteiger partial charge on any atom is -0.485 e. The molecule has 21 heavy (non-hydrogen) atoms. The average Bonchev–Trinajstić information content (AvgIpc) is 2.48. The molecule has 3 rings (SSSR count). The molecule has 108 valence electrons. The highest BCUT2D eigenvalue weighted by molar-refractivity contribution is 5.44. The molecule has 1 heteroatoms. The van der Waals surface area contributed by atoms with E-state index in [1.54, 1.807) is 0 Å². The molecule has 2 aromatic carbocycles. The quantitative estimate of drug-likeness (QED) is 0.653. The van der Waals surface area contributed by atoms with E-state index in [0.29, 0.717) is 5.92 Å². The summed E-state index contributed by atoms with van der Waals surface area (Å²) in [6, 6.07) is 17.0. The molecule has 2 aromatic rings. The van der Waals surface area contributed by atoms with Crippen LogP contribution in [0.1, 0.15) is 49.0 Å². The molecule has 0 saturated carbocycles. The molecule has 0 fully saturated rings. The number of allylic oxidation sites excluding steroid dienone is 2. The van der Waals surface area contributed by atoms with Crippen molar-refractivity contribution < 1.29 is 4.74 Å². The molecule has 0 aromatic heterocycles. The fourth-order valence-corrected chi connectivity index (χ4v) is 3.06. The number of aryl methyl sites for hydroxylation is 1. The third-order valence-electron chi connectivity index (χ3n) is 4.01. The predicted octanol–water partition coefficient (Wildman–Crippen LogP) is 5.57. The van der Waals surface area contributed by atoms with E-state index >= 15 is 0 Å². The first-order valence-electron chi connectivity index (χ1n) is 7.60. The van der Waals surface area contributed by atoms with Crippen LogP contribution in [0.2, 0.25) is 0 Å². The molecule has 0 N–H and O–H groups in total. The second kappa shape index (κ2) is 5.77. The number of hydrogen-bond donors (Lipinski definition) is 0. The van der Waals surface area contributed by atoms with Crippen LogP contribution in [0.15, 0.2) is 60.2 Å². The van der Waals surface area contributed by atoms with E-state index < -0.39 is 0 Å². The Balaban J connectivity index is 2.01. The van der Waals surface area contributed by atoms with Crippen molar-refractivity contribution in [2.24, 2.45) is 0 Å². The van der Waals surface area contributed by atoms with Crippen LogP contribution in [0.5, 0.6) is 5.75 Å². The van der Waals surface area contributed by atoms with Crippen LogP contribution in [0.25, 0.3) is 0 Å². The zero-order valence-corrected chi connectivity index (χ0v) is 13.0. The van der Waals surface area contributed by atoms with E-state index in [4.69, 9.17) is 4.74 Å². The van der Waals surface area contributed by atoms with Gasteiger partial charge in [0.15, 0.2) is 0 Å². The van der Waals surface area contributed by atoms with E-state index in [2.05, 4.69) is 75.4 Å². The summed E-state index contributed by atoms with van der Waals surface area (Å²) in [5.41, 5.74) is 5.24. The van der Waals surface area contributed by atoms with Gasteiger partial charge >= 0.3 is 0 Å². The summed E-state index contributed by atoms with van der Waals surface area (Å²) in [5, 5.41) is 0. The number of ether oxygens (including phenoxy) is 1. The Bertz CT molecular complexity index is 651. The first-order valence-corrected chi connectivity index (χ1v) is 7.60. The molecule has 2 atom stereocenters. The minimum atomic E-state index is 0.141. The third kappa shape index (κ3) is 3.02. The Morgan fingerprint density at radius 2 is 1.86 bits per heavy atom. The molecule has 0 bridgehead atoms. The predicted molar refractivity (Wildman–Crippen MR) is 87.8 cm³/mol. The summed E-state index contributed by atoms with van der Waals surface area (Å²) in [6.07, 6.45) is 3.52. The van der Waals surface area contributed by atoms with E-state index in [1.165, 1.54) is 22.3 Å². The lowest BCUT2D eigenvalue weighted by atomic mass is 9.85. The fourth-order valence-electron chi connectivity index (χ4n) is 3.06. The smallest absolute Gasteiger partial charge is 0.125 e. The Kier molecular flexibility index (Phi) is 3.83. The monoisotopic (exact) mass is 278 g/mol. The summed E-state index contributed by atoms with van der Waals surface area (Å²) in [7, 11) is 0. The molecule has 0 unspecified atom stereocenters. The van der Waals surface area contributed by atoms with Gasteiger partial charge in [0.05, 0.1) is 0 Å². The number of hydrogen-bond acceptors (Lipinski definition) is 1. The minimum absolute atomic E-state index is 0.141. The van der Waals surface area contributed by atoms with Gasteiger partial charge in [0.1, 0.15) is 11.9 Å². The maximum absolute atomic E-state index is 6.26. The molecule has 1 nitrogen and oxygen atoms in total. The van der Waals surface area contributed by atoms with Gasteiger partial charge in [-0.15, -0.1) is 0 Å². The van der Waals surface area contributed by atoms with Crippen LogP contribution in [-0.4, -0.2) is 0 Å². The molecular weight excluding hydrogens is 256 g/mol. The van der Waals surface area contributed by atoms with Crippen molar-refractivity contribution in [1.29, 1.82) is 0 Å². The van der Waals surface area contributed by atoms with Gasteiger partial charge in [0.25, 0.3) is 0 Å². The van der Waals surface area contributed by atoms with Gasteiger partial charge < -0.3 is 4.74 Å². The highest BCUT2D eigenvalue weighted by atomic mass is 16.5. The molecule has 1 aliphatic heterocycles. The van der Waals surface area contributed by atoms with Gasteiger partial charge in [-0.1, -0.05) is 59.7 Å². The summed E-state index contributed by atoms with van der Waals surface area (Å²) in [5.74, 6) is 1.46. The van der Waals surface area contributed by atoms with E-state index in [1.807, 2.05) is 0 Å². The molecule has 0 amide bonds. The molecule has 1 aliphatic rings. The average molecular weight is 278 g/mol. The van der Waals surface area contributed by atoms with Gasteiger partial charge in [0, 0.05) is 11.5 Å². The van der Waals surface area contributed by atoms with Gasteiger partial charge in [-0.3, -0.25) is 0 Å². The lowest BCUT2D eigenvalue weighted by Gasteiger charge is -2.31. The number of rotatable bonds is 2. The largest absolute Gasteiger partial charge is 0.485 e. The van der Waals surface area contributed by atoms with Gasteiger partial charge in [-0.05, 0) is 38.8 Å². The molecule has 0 aliphatic carbocycles. The Morgan fingerprint density at radius 3 is 2.57 bits per heavy atom. The maximum atomic E-state index is 6.26. The fraction of sp³-hybridized carbons (Fsp3) is 0.300. The summed E-state index contributed by atoms with van der Waals surface area (Å²) >= 11 is 0. The van der Waals surface area contributed by atoms with Gasteiger partial charge in [-0.25, -0.2) is 0 Å². The van der Waals surface area contributed by atoms with Crippen LogP contribution in [0.4, 0.5) is 0 Å². The molecule has 0 saturated heterocycles. The summed E-state index contributed by atoms with van der Waals surface area (Å²) < 4.78 is 6.26. The van der Waals surface area contributed by atoms with Crippen molar-refractivity contribution in [2.45, 2.75) is 39.2 Å². The summed E-state index contributed by atoms with van der Waals surface area (Å²) in [6.45, 7) is 6.48. The first kappa shape index (κ1) is 13.9. The van der Waals surface area contributed by atoms with E-state index in [9.17, 15) is 0 Å². The first-order chi connectivity index (χ1) is 10.1. The van der Waals surface area contributed by atoms with Crippen LogP contribution >= 0.6 is 0 Å². The Labute approximate surface area is 127 Å². The van der Waals surface area contributed by atoms with Crippen LogP contribution in [0, 0.1) is 6.92 Å². The second-order valence-corrected chi connectivity index (χ2v) is 6.14. The SMILES string of the molecule is CC(C)=C[C@H]1C[C@@H](c2ccccc2)Oc2ccc(C)cc21. The van der Waals surface area contributed by atoms with Gasteiger partial charge in [0.2, 0.25) is 0 Å². The Morgan fingerprint density at radius 1 is 1.10 bits per heavy atom. The van der Waals surface area contributed by atoms with Crippen molar-refractivity contribution in [3.8, 4) is 5.75 Å². The highest BCUT2D eigenvalue weighted by Crippen LogP contribution is 2.43. The second-order valence-electron chi connectivity index (χ2n) is 6.14. The zero-order chi connectivity index (χ0) is 14.8. The summed E-state index contributed by atoms with van der Waals surface area (Å²) in [4.78, 5) is 0. The van der Waals surface area contributed by atoms with Crippen LogP contribution in [-0.2, 0) is 0 Å². The normalized spacial score (nSPS) is 20.3. The zero-order valence-electron chi connectivity index (χ0n) is 13.0.